The molecule has 0 spiro atoms. The van der Waals surface area contributed by atoms with Gasteiger partial charge in [0.2, 0.25) is 106 Å². The number of para-hydroxylation sites is 1. The second-order valence-corrected chi connectivity index (χ2v) is 37.2. The second-order valence-electron chi connectivity index (χ2n) is 35.3. The average molecular weight is 1970 g/mol. The minimum atomic E-state index is -1.90. The lowest BCUT2D eigenvalue weighted by molar-refractivity contribution is -0.149. The van der Waals surface area contributed by atoms with Gasteiger partial charge in [-0.2, -0.15) is 0 Å². The fourth-order valence-electron chi connectivity index (χ4n) is 16.7. The molecule has 3 aromatic carbocycles. The molecule has 25 N–H and O–H groups in total. The van der Waals surface area contributed by atoms with Crippen molar-refractivity contribution < 1.29 is 102 Å². The molecule has 3 aliphatic rings. The number of carbonyl (C=O) groups excluding carboxylic acids is 18. The summed E-state index contributed by atoms with van der Waals surface area (Å²) in [6, 6.07) is -3.99. The van der Waals surface area contributed by atoms with Crippen molar-refractivity contribution in [3.63, 3.8) is 0 Å². The van der Waals surface area contributed by atoms with Crippen molar-refractivity contribution in [3.05, 3.63) is 101 Å². The van der Waals surface area contributed by atoms with Gasteiger partial charge in [0.25, 0.3) is 0 Å². The monoisotopic (exact) mass is 1970 g/mol. The van der Waals surface area contributed by atoms with Gasteiger partial charge < -0.3 is 132 Å². The molecule has 0 aliphatic carbocycles. The third-order valence-electron chi connectivity index (χ3n) is 24.5. The third-order valence-corrected chi connectivity index (χ3v) is 26.5. The van der Waals surface area contributed by atoms with Gasteiger partial charge >= 0.3 is 0 Å². The van der Waals surface area contributed by atoms with Crippen molar-refractivity contribution in [2.45, 2.75) is 241 Å². The number of primary amides is 2. The third kappa shape index (κ3) is 31.5. The number of phenols is 1. The fraction of sp³-hybridized carbons (Fsp3) is 0.538. The number of hydrogen-bond acceptors (Lipinski definition) is 25. The van der Waals surface area contributed by atoms with Gasteiger partial charge in [0, 0.05) is 107 Å². The maximum absolute atomic E-state index is 15.8. The number of unbranched alkanes of at least 4 members (excludes halogenated alkanes) is 2. The van der Waals surface area contributed by atoms with E-state index in [0.29, 0.717) is 70.4 Å². The van der Waals surface area contributed by atoms with Crippen molar-refractivity contribution in [2.24, 2.45) is 28.9 Å². The lowest BCUT2D eigenvalue weighted by atomic mass is 10.00. The average Bonchev–Trinajstić information content (AvgIpc) is 1.69. The molecule has 0 saturated carbocycles. The number of carbonyl (C=O) groups is 18. The minimum absolute atomic E-state index is 0.00809. The van der Waals surface area contributed by atoms with Crippen LogP contribution in [0.4, 0.5) is 0 Å². The highest BCUT2D eigenvalue weighted by Crippen LogP contribution is 2.30. The van der Waals surface area contributed by atoms with Crippen LogP contribution in [0.1, 0.15) is 141 Å². The molecular weight excluding hydrogens is 1840 g/mol. The van der Waals surface area contributed by atoms with E-state index in [1.54, 1.807) is 67.9 Å². The summed E-state index contributed by atoms with van der Waals surface area (Å²) in [5, 5.41) is 74.9. The molecule has 0 unspecified atom stereocenters. The number of guanidine groups is 1. The van der Waals surface area contributed by atoms with E-state index in [2.05, 4.69) is 74.7 Å². The molecule has 46 heteroatoms. The number of aromatic amines is 1. The first-order chi connectivity index (χ1) is 66.1. The van der Waals surface area contributed by atoms with Gasteiger partial charge in [0.1, 0.15) is 96.4 Å². The fourth-order valence-corrected chi connectivity index (χ4v) is 18.5. The van der Waals surface area contributed by atoms with E-state index in [1.807, 2.05) is 19.9 Å². The Morgan fingerprint density at radius 1 is 0.604 bits per heavy atom. The number of hydrogen-bond donors (Lipinski definition) is 21. The molecule has 18 amide bonds. The van der Waals surface area contributed by atoms with Gasteiger partial charge in [-0.1, -0.05) is 102 Å². The normalized spacial score (nSPS) is 24.5. The number of aliphatic hydroxyl groups excluding tert-OH is 2. The van der Waals surface area contributed by atoms with E-state index in [9.17, 15) is 63.3 Å². The number of amides is 18. The van der Waals surface area contributed by atoms with E-state index in [-0.39, 0.29) is 95.4 Å². The van der Waals surface area contributed by atoms with Crippen LogP contribution < -0.4 is 86.7 Å². The number of thiophene rings is 1. The molecule has 5 heterocycles. The first kappa shape index (κ1) is 111. The summed E-state index contributed by atoms with van der Waals surface area (Å²) in [5.41, 5.74) is 25.0. The molecule has 0 bridgehead atoms. The van der Waals surface area contributed by atoms with Crippen molar-refractivity contribution in [1.82, 2.24) is 93.3 Å². The standard InChI is InChI=1S/C93H131N23O21S2/c1-10-13-26-70-85(130)104-61(25-19-34-99-93(97)98)81(126)111-69(80(125)101-44-76(121)102-60(21-12-3)78(96)123)48-138-49-77(122)103-64(37-52-30-32-55(118)33-31-52)88(133)112(7)51(6)79(124)106-66(41-75(95)120)90(135)115-35-20-28-71(115)86(131)109-67(42-94)83(128)107-63(36-50(4)5)91(136)116-45-56(119)40-73(116)87(132)105-62(38-53-43-100-59-24-17-15-22-57(53)59)82(127)110-68(46-117)84(129)108-65(39-54-47-139-74-29-18-16-23-58(54)74)89(134)114(9)72(27-14-11-2)92(137)113(70)8/h3,15-18,22-24,29-33,43,47,50-51,56,60-73,100,117-119H,10-11,13-14,19-21,25-28,34-42,44-46,48-49,94H2,1-2,4-9H3,(H2,95,120)(H2,96,123)(H,101,125)(H,102,121)(H,103,122)(H,104,130)(H,105,132)(H,106,124)(H,107,128)(H,108,129)(H,109,131)(H,110,127)(H,111,126)(H4,97,98,99)/t51-,56+,60-,61-,62-,63-,64-,65-,66-,67-,68-,69-,70-,71-,72-,73-/m0/s1. The van der Waals surface area contributed by atoms with Crippen LogP contribution in [0.3, 0.4) is 0 Å². The number of thioether (sulfide) groups is 1. The first-order valence-electron chi connectivity index (χ1n) is 46.3. The molecule has 8 rings (SSSR count). The van der Waals surface area contributed by atoms with Gasteiger partial charge in [0.05, 0.1) is 31.4 Å². The minimum Gasteiger partial charge on any atom is -0.508 e. The summed E-state index contributed by atoms with van der Waals surface area (Å²) >= 11 is 2.05. The van der Waals surface area contributed by atoms with E-state index in [0.717, 1.165) is 29.2 Å². The zero-order chi connectivity index (χ0) is 102. The Labute approximate surface area is 813 Å². The quantitative estimate of drug-likeness (QED) is 0.00992. The molecule has 44 nitrogen and oxygen atoms in total. The molecule has 0 radical (unpaired) electrons. The number of benzene rings is 3. The van der Waals surface area contributed by atoms with Crippen LogP contribution in [-0.4, -0.2) is 326 Å². The topological polar surface area (TPSA) is 672 Å². The molecule has 139 heavy (non-hydrogen) atoms. The number of rotatable bonds is 28. The smallest absolute Gasteiger partial charge is 0.246 e. The van der Waals surface area contributed by atoms with Gasteiger partial charge in [-0.05, 0) is 110 Å². The van der Waals surface area contributed by atoms with E-state index < -0.39 is 260 Å². The maximum Gasteiger partial charge on any atom is 0.246 e. The highest BCUT2D eigenvalue weighted by Gasteiger charge is 2.47. The van der Waals surface area contributed by atoms with Crippen LogP contribution in [-0.2, 0) is 106 Å². The molecule has 756 valence electrons. The number of aromatic hydroxyl groups is 1. The van der Waals surface area contributed by atoms with Crippen molar-refractivity contribution >= 4 is 156 Å². The van der Waals surface area contributed by atoms with Gasteiger partial charge in [0.15, 0.2) is 5.96 Å². The Morgan fingerprint density at radius 3 is 1.83 bits per heavy atom. The van der Waals surface area contributed by atoms with Crippen LogP contribution in [0, 0.1) is 23.7 Å². The van der Waals surface area contributed by atoms with E-state index >= 15 is 38.4 Å². The summed E-state index contributed by atoms with van der Waals surface area (Å²) in [6.45, 7) is 5.13. The Hall–Kier alpha value is -13.5. The maximum atomic E-state index is 15.8. The number of fused-ring (bicyclic) bond motifs is 4. The zero-order valence-corrected chi connectivity index (χ0v) is 80.8. The summed E-state index contributed by atoms with van der Waals surface area (Å²) in [7, 11) is 3.86. The number of nitrogens with zero attached hydrogens (tertiary/aromatic N) is 5. The number of aromatic nitrogens is 1. The molecule has 2 aromatic heterocycles. The van der Waals surface area contributed by atoms with Crippen LogP contribution >= 0.6 is 23.1 Å². The van der Waals surface area contributed by atoms with Crippen molar-refractivity contribution in [3.8, 4) is 18.1 Å². The number of likely N-dealkylation sites (N-methyl/N-ethyl adjacent to an activating group) is 3. The second kappa shape index (κ2) is 53.4. The Bertz CT molecular complexity index is 5280. The summed E-state index contributed by atoms with van der Waals surface area (Å²) in [5.74, 6) is -17.5. The summed E-state index contributed by atoms with van der Waals surface area (Å²) < 4.78 is 0.798. The Morgan fingerprint density at radius 2 is 1.18 bits per heavy atom. The number of aliphatic hydroxyl groups is 2. The lowest BCUT2D eigenvalue weighted by Gasteiger charge is -2.36. The van der Waals surface area contributed by atoms with Gasteiger partial charge in [-0.15, -0.1) is 35.4 Å². The van der Waals surface area contributed by atoms with Gasteiger partial charge in [-0.3, -0.25) is 91.7 Å². The molecule has 3 fully saturated rings. The van der Waals surface area contributed by atoms with Crippen molar-refractivity contribution in [2.75, 3.05) is 72.0 Å². The molecule has 3 saturated heterocycles. The molecule has 16 atom stereocenters. The molecule has 5 aromatic rings. The number of phenolic OH excluding ortho intramolecular Hbond substituents is 1. The van der Waals surface area contributed by atoms with Crippen LogP contribution in [0.25, 0.3) is 21.0 Å². The van der Waals surface area contributed by atoms with Crippen LogP contribution in [0.2, 0.25) is 0 Å². The SMILES string of the molecule is C#CC[C@H](NC(=O)CNC(=O)[C@@H]1CSCC(=O)N[C@@H](Cc2ccc(O)cc2)C(=O)N(C)[C@@H](C)C(=O)N[C@@H](CC(N)=O)C(=O)N2CCC[C@H]2C(=O)N[C@@H](CN)C(=O)N[C@@H](CC(C)C)C(=O)N2C[C@H](O)C[C@H]2C(=O)N[C@@H](Cc2c[nH]c3ccccc23)C(=O)N[C@@H](CO)C(=O)N[C@@H](Cc2csc3ccccc23)C(=O)N(C)[C@@H](CCCC)C(=O)N(C)[C@@H](CCCC)C(=O)N[C@@H](CCCNC(=N)N)C(=O)N1)C(N)=O. The molecular formula is C93H131N23O21S2. The summed E-state index contributed by atoms with van der Waals surface area (Å²) in [6.07, 6.45) is 4.42. The largest absolute Gasteiger partial charge is 0.508 e. The molecule has 3 aliphatic heterocycles. The van der Waals surface area contributed by atoms with E-state index in [1.165, 1.54) is 63.7 Å². The first-order valence-corrected chi connectivity index (χ1v) is 48.3. The van der Waals surface area contributed by atoms with Crippen LogP contribution in [0.5, 0.6) is 5.75 Å². The Balaban J connectivity index is 1.20. The highest BCUT2D eigenvalue weighted by atomic mass is 32.2. The predicted octanol–water partition coefficient (Wildman–Crippen LogP) is -3.69. The predicted molar refractivity (Wildman–Crippen MR) is 515 cm³/mol. The summed E-state index contributed by atoms with van der Waals surface area (Å²) in [4.78, 5) is 272. The zero-order valence-electron chi connectivity index (χ0n) is 79.2. The van der Waals surface area contributed by atoms with E-state index in [4.69, 9.17) is 34.8 Å². The lowest BCUT2D eigenvalue weighted by Crippen LogP contribution is -2.62. The number of nitrogens with two attached hydrogens (primary N) is 4. The van der Waals surface area contributed by atoms with Crippen molar-refractivity contribution in [1.29, 1.82) is 5.41 Å². The number of terminal acetylenes is 1. The Kier molecular flexibility index (Phi) is 42.6. The van der Waals surface area contributed by atoms with Crippen LogP contribution in [0.15, 0.2) is 84.4 Å². The number of nitrogens with one attached hydrogen (secondary N) is 14. The highest BCUT2D eigenvalue weighted by molar-refractivity contribution is 8.00. The number of H-pyrrole nitrogens is 1. The van der Waals surface area contributed by atoms with Gasteiger partial charge in [-0.25, -0.2) is 0 Å².